The van der Waals surface area contributed by atoms with Crippen LogP contribution in [0.4, 0.5) is 5.82 Å². The molecule has 18 heavy (non-hydrogen) atoms. The van der Waals surface area contributed by atoms with Crippen LogP contribution in [0.15, 0.2) is 18.3 Å². The topological polar surface area (TPSA) is 34.1 Å². The summed E-state index contributed by atoms with van der Waals surface area (Å²) in [4.78, 5) is 4.21. The van der Waals surface area contributed by atoms with Crippen LogP contribution >= 0.6 is 0 Å². The molecule has 1 fully saturated rings. The van der Waals surface area contributed by atoms with Gasteiger partial charge in [-0.15, -0.1) is 0 Å². The van der Waals surface area contributed by atoms with Crippen LogP contribution in [0.3, 0.4) is 0 Å². The zero-order valence-electron chi connectivity index (χ0n) is 11.7. The molecule has 100 valence electrons. The first-order valence-corrected chi connectivity index (χ1v) is 6.83. The molecular weight excluding hydrogens is 224 g/mol. The predicted molar refractivity (Wildman–Crippen MR) is 74.6 cm³/mol. The van der Waals surface area contributed by atoms with Gasteiger partial charge in [0, 0.05) is 13.2 Å². The van der Waals surface area contributed by atoms with Crippen LogP contribution < -0.4 is 5.32 Å². The maximum atomic E-state index is 6.01. The molecule has 3 nitrogen and oxygen atoms in total. The zero-order chi connectivity index (χ0) is 13.0. The van der Waals surface area contributed by atoms with Gasteiger partial charge >= 0.3 is 0 Å². The fraction of sp³-hybridized carbons (Fsp3) is 0.667. The third-order valence-electron chi connectivity index (χ3n) is 3.85. The second-order valence-electron chi connectivity index (χ2n) is 5.97. The molecule has 0 radical (unpaired) electrons. The monoisotopic (exact) mass is 248 g/mol. The summed E-state index contributed by atoms with van der Waals surface area (Å²) in [6.45, 7) is 5.40. The van der Waals surface area contributed by atoms with Gasteiger partial charge in [-0.05, 0) is 48.8 Å². The molecule has 1 aromatic rings. The normalized spacial score (nSPS) is 19.7. The van der Waals surface area contributed by atoms with Crippen LogP contribution in [0, 0.1) is 5.41 Å². The van der Waals surface area contributed by atoms with Crippen molar-refractivity contribution in [2.75, 3.05) is 12.4 Å². The Morgan fingerprint density at radius 1 is 1.39 bits per heavy atom. The SMILES string of the molecule is CNc1cc(COC2CCC(C)(C)CC2)ccn1. The van der Waals surface area contributed by atoms with Crippen molar-refractivity contribution in [1.29, 1.82) is 0 Å². The molecule has 1 saturated carbocycles. The van der Waals surface area contributed by atoms with Gasteiger partial charge in [0.2, 0.25) is 0 Å². The van der Waals surface area contributed by atoms with Gasteiger partial charge in [-0.1, -0.05) is 13.8 Å². The van der Waals surface area contributed by atoms with E-state index in [2.05, 4.69) is 24.1 Å². The maximum Gasteiger partial charge on any atom is 0.125 e. The van der Waals surface area contributed by atoms with Gasteiger partial charge < -0.3 is 10.1 Å². The van der Waals surface area contributed by atoms with Crippen LogP contribution in [-0.2, 0) is 11.3 Å². The minimum Gasteiger partial charge on any atom is -0.374 e. The molecule has 3 heteroatoms. The molecule has 1 heterocycles. The molecule has 0 atom stereocenters. The summed E-state index contributed by atoms with van der Waals surface area (Å²) in [5, 5.41) is 3.05. The Morgan fingerprint density at radius 3 is 2.78 bits per heavy atom. The smallest absolute Gasteiger partial charge is 0.125 e. The Balaban J connectivity index is 1.81. The molecule has 0 bridgehead atoms. The van der Waals surface area contributed by atoms with Gasteiger partial charge in [-0.2, -0.15) is 0 Å². The lowest BCUT2D eigenvalue weighted by Crippen LogP contribution is -2.26. The van der Waals surface area contributed by atoms with Gasteiger partial charge in [0.25, 0.3) is 0 Å². The predicted octanol–water partition coefficient (Wildman–Crippen LogP) is 3.61. The fourth-order valence-electron chi connectivity index (χ4n) is 2.45. The van der Waals surface area contributed by atoms with Gasteiger partial charge in [0.15, 0.2) is 0 Å². The summed E-state index contributed by atoms with van der Waals surface area (Å²) in [6, 6.07) is 4.07. The quantitative estimate of drug-likeness (QED) is 0.884. The zero-order valence-corrected chi connectivity index (χ0v) is 11.7. The Labute approximate surface area is 110 Å². The van der Waals surface area contributed by atoms with Crippen molar-refractivity contribution in [3.8, 4) is 0 Å². The summed E-state index contributed by atoms with van der Waals surface area (Å²) < 4.78 is 6.01. The van der Waals surface area contributed by atoms with E-state index < -0.39 is 0 Å². The summed E-state index contributed by atoms with van der Waals surface area (Å²) in [6.07, 6.45) is 7.19. The highest BCUT2D eigenvalue weighted by molar-refractivity contribution is 5.36. The highest BCUT2D eigenvalue weighted by Crippen LogP contribution is 2.36. The molecule has 1 aliphatic rings. The lowest BCUT2D eigenvalue weighted by molar-refractivity contribution is -0.00559. The minimum absolute atomic E-state index is 0.434. The van der Waals surface area contributed by atoms with Gasteiger partial charge in [-0.25, -0.2) is 4.98 Å². The minimum atomic E-state index is 0.434. The third kappa shape index (κ3) is 3.70. The second-order valence-corrected chi connectivity index (χ2v) is 5.97. The van der Waals surface area contributed by atoms with Crippen molar-refractivity contribution in [3.63, 3.8) is 0 Å². The van der Waals surface area contributed by atoms with Crippen LogP contribution in [0.2, 0.25) is 0 Å². The van der Waals surface area contributed by atoms with Gasteiger partial charge in [-0.3, -0.25) is 0 Å². The third-order valence-corrected chi connectivity index (χ3v) is 3.85. The summed E-state index contributed by atoms with van der Waals surface area (Å²) >= 11 is 0. The number of nitrogens with one attached hydrogen (secondary N) is 1. The van der Waals surface area contributed by atoms with E-state index in [9.17, 15) is 0 Å². The van der Waals surface area contributed by atoms with E-state index in [0.29, 0.717) is 18.1 Å². The van der Waals surface area contributed by atoms with Crippen molar-refractivity contribution in [2.45, 2.75) is 52.2 Å². The number of hydrogen-bond donors (Lipinski definition) is 1. The van der Waals surface area contributed by atoms with E-state index >= 15 is 0 Å². The van der Waals surface area contributed by atoms with Gasteiger partial charge in [0.05, 0.1) is 12.7 Å². The van der Waals surface area contributed by atoms with E-state index in [4.69, 9.17) is 4.74 Å². The maximum absolute atomic E-state index is 6.01. The first-order valence-electron chi connectivity index (χ1n) is 6.83. The fourth-order valence-corrected chi connectivity index (χ4v) is 2.45. The van der Waals surface area contributed by atoms with E-state index in [1.807, 2.05) is 25.4 Å². The van der Waals surface area contributed by atoms with Crippen molar-refractivity contribution in [3.05, 3.63) is 23.9 Å². The Kier molecular flexibility index (Phi) is 4.23. The van der Waals surface area contributed by atoms with Crippen molar-refractivity contribution in [2.24, 2.45) is 5.41 Å². The van der Waals surface area contributed by atoms with E-state index in [1.165, 1.54) is 31.2 Å². The number of pyridine rings is 1. The number of aromatic nitrogens is 1. The molecule has 0 aromatic carbocycles. The second kappa shape index (κ2) is 5.70. The number of nitrogens with zero attached hydrogens (tertiary/aromatic N) is 1. The van der Waals surface area contributed by atoms with E-state index in [-0.39, 0.29) is 0 Å². The number of anilines is 1. The largest absolute Gasteiger partial charge is 0.374 e. The molecule has 1 N–H and O–H groups in total. The lowest BCUT2D eigenvalue weighted by atomic mass is 9.76. The average molecular weight is 248 g/mol. The first-order chi connectivity index (χ1) is 8.59. The molecule has 0 aliphatic heterocycles. The molecule has 0 saturated heterocycles. The van der Waals surface area contributed by atoms with Crippen LogP contribution in [0.5, 0.6) is 0 Å². The van der Waals surface area contributed by atoms with E-state index in [1.54, 1.807) is 0 Å². The highest BCUT2D eigenvalue weighted by atomic mass is 16.5. The molecule has 0 unspecified atom stereocenters. The lowest BCUT2D eigenvalue weighted by Gasteiger charge is -2.34. The Morgan fingerprint density at radius 2 is 2.11 bits per heavy atom. The Hall–Kier alpha value is -1.09. The van der Waals surface area contributed by atoms with Crippen molar-refractivity contribution >= 4 is 5.82 Å². The van der Waals surface area contributed by atoms with Crippen LogP contribution in [0.1, 0.15) is 45.1 Å². The van der Waals surface area contributed by atoms with Crippen molar-refractivity contribution in [1.82, 2.24) is 4.98 Å². The van der Waals surface area contributed by atoms with Crippen LogP contribution in [0.25, 0.3) is 0 Å². The molecule has 1 aromatic heterocycles. The van der Waals surface area contributed by atoms with Crippen LogP contribution in [-0.4, -0.2) is 18.1 Å². The van der Waals surface area contributed by atoms with Crippen molar-refractivity contribution < 1.29 is 4.74 Å². The molecule has 0 spiro atoms. The number of ether oxygens (including phenoxy) is 1. The Bertz CT molecular complexity index is 380. The van der Waals surface area contributed by atoms with Gasteiger partial charge in [0.1, 0.15) is 5.82 Å². The first kappa shape index (κ1) is 13.3. The highest BCUT2D eigenvalue weighted by Gasteiger charge is 2.27. The molecular formula is C15H24N2O. The number of rotatable bonds is 4. The van der Waals surface area contributed by atoms with E-state index in [0.717, 1.165) is 5.82 Å². The number of hydrogen-bond acceptors (Lipinski definition) is 3. The summed E-state index contributed by atoms with van der Waals surface area (Å²) in [7, 11) is 1.89. The average Bonchev–Trinajstić information content (AvgIpc) is 2.38. The molecule has 1 aliphatic carbocycles. The summed E-state index contributed by atoms with van der Waals surface area (Å²) in [5.41, 5.74) is 1.70. The summed E-state index contributed by atoms with van der Waals surface area (Å²) in [5.74, 6) is 0.904. The standard InChI is InChI=1S/C15H24N2O/c1-15(2)7-4-13(5-8-15)18-11-12-6-9-17-14(10-12)16-3/h6,9-10,13H,4-5,7-8,11H2,1-3H3,(H,16,17). The molecule has 2 rings (SSSR count). The molecule has 0 amide bonds.